The molecule has 0 aliphatic carbocycles. The van der Waals surface area contributed by atoms with Crippen LogP contribution in [-0.2, 0) is 13.2 Å². The van der Waals surface area contributed by atoms with Crippen LogP contribution in [0.15, 0.2) is 42.5 Å². The highest BCUT2D eigenvalue weighted by Crippen LogP contribution is 2.09. The third-order valence-corrected chi connectivity index (χ3v) is 2.78. The molecule has 0 aliphatic rings. The average molecular weight is 277 g/mol. The minimum Gasteiger partial charge on any atom is -0.392 e. The van der Waals surface area contributed by atoms with Crippen LogP contribution >= 0.6 is 0 Å². The van der Waals surface area contributed by atoms with Crippen LogP contribution in [0.4, 0.5) is 8.78 Å². The van der Waals surface area contributed by atoms with Gasteiger partial charge in [0.05, 0.1) is 6.61 Å². The van der Waals surface area contributed by atoms with Gasteiger partial charge in [-0.3, -0.25) is 4.79 Å². The van der Waals surface area contributed by atoms with E-state index in [9.17, 15) is 13.6 Å². The highest BCUT2D eigenvalue weighted by molar-refractivity contribution is 5.94. The molecule has 0 fully saturated rings. The maximum absolute atomic E-state index is 13.0. The number of hydrogen-bond acceptors (Lipinski definition) is 2. The Morgan fingerprint density at radius 3 is 2.10 bits per heavy atom. The first-order chi connectivity index (χ1) is 9.58. The molecule has 0 heterocycles. The standard InChI is InChI=1S/C15H13F2NO2/c16-13-5-12(6-14(17)7-13)15(20)18-8-10-1-3-11(9-19)4-2-10/h1-7,19H,8-9H2,(H,18,20). The first kappa shape index (κ1) is 14.1. The van der Waals surface area contributed by atoms with Crippen LogP contribution in [0.3, 0.4) is 0 Å². The molecule has 0 spiro atoms. The van der Waals surface area contributed by atoms with Gasteiger partial charge in [-0.25, -0.2) is 8.78 Å². The maximum atomic E-state index is 13.0. The van der Waals surface area contributed by atoms with Crippen LogP contribution in [0, 0.1) is 11.6 Å². The zero-order valence-corrected chi connectivity index (χ0v) is 10.6. The molecule has 2 aromatic rings. The summed E-state index contributed by atoms with van der Waals surface area (Å²) in [5, 5.41) is 11.5. The van der Waals surface area contributed by atoms with Crippen LogP contribution in [0.1, 0.15) is 21.5 Å². The first-order valence-corrected chi connectivity index (χ1v) is 6.01. The van der Waals surface area contributed by atoms with Crippen molar-refractivity contribution in [2.75, 3.05) is 0 Å². The van der Waals surface area contributed by atoms with Gasteiger partial charge in [-0.15, -0.1) is 0 Å². The Morgan fingerprint density at radius 2 is 1.55 bits per heavy atom. The van der Waals surface area contributed by atoms with Crippen molar-refractivity contribution in [1.29, 1.82) is 0 Å². The molecule has 2 aromatic carbocycles. The van der Waals surface area contributed by atoms with Gasteiger partial charge in [0.1, 0.15) is 11.6 Å². The van der Waals surface area contributed by atoms with Gasteiger partial charge in [-0.05, 0) is 23.3 Å². The fraction of sp³-hybridized carbons (Fsp3) is 0.133. The molecule has 1 amide bonds. The topological polar surface area (TPSA) is 49.3 Å². The molecule has 3 nitrogen and oxygen atoms in total. The molecule has 2 rings (SSSR count). The second kappa shape index (κ2) is 6.25. The molecular weight excluding hydrogens is 264 g/mol. The van der Waals surface area contributed by atoms with Gasteiger partial charge >= 0.3 is 0 Å². The lowest BCUT2D eigenvalue weighted by Crippen LogP contribution is -2.23. The molecular formula is C15H13F2NO2. The summed E-state index contributed by atoms with van der Waals surface area (Å²) >= 11 is 0. The fourth-order valence-corrected chi connectivity index (χ4v) is 1.73. The molecule has 104 valence electrons. The van der Waals surface area contributed by atoms with Crippen LogP contribution in [-0.4, -0.2) is 11.0 Å². The molecule has 0 bridgehead atoms. The summed E-state index contributed by atoms with van der Waals surface area (Å²) in [6, 6.07) is 9.67. The van der Waals surface area contributed by atoms with E-state index in [1.54, 1.807) is 24.3 Å². The van der Waals surface area contributed by atoms with Crippen molar-refractivity contribution in [3.63, 3.8) is 0 Å². The van der Waals surface area contributed by atoms with Crippen molar-refractivity contribution in [3.8, 4) is 0 Å². The van der Waals surface area contributed by atoms with E-state index in [1.165, 1.54) is 0 Å². The first-order valence-electron chi connectivity index (χ1n) is 6.01. The van der Waals surface area contributed by atoms with Gasteiger partial charge in [0.15, 0.2) is 0 Å². The molecule has 0 unspecified atom stereocenters. The number of carbonyl (C=O) groups is 1. The number of aliphatic hydroxyl groups is 1. The Bertz CT molecular complexity index is 592. The second-order valence-corrected chi connectivity index (χ2v) is 4.32. The quantitative estimate of drug-likeness (QED) is 0.901. The Labute approximate surface area is 114 Å². The summed E-state index contributed by atoms with van der Waals surface area (Å²) in [6.45, 7) is 0.192. The molecule has 0 aromatic heterocycles. The highest BCUT2D eigenvalue weighted by Gasteiger charge is 2.08. The van der Waals surface area contributed by atoms with Crippen molar-refractivity contribution in [3.05, 3.63) is 70.8 Å². The fourth-order valence-electron chi connectivity index (χ4n) is 1.73. The summed E-state index contributed by atoms with van der Waals surface area (Å²) < 4.78 is 26.0. The Kier molecular flexibility index (Phi) is 4.42. The third kappa shape index (κ3) is 3.61. The molecule has 0 radical (unpaired) electrons. The summed E-state index contributed by atoms with van der Waals surface area (Å²) in [7, 11) is 0. The zero-order valence-electron chi connectivity index (χ0n) is 10.6. The predicted molar refractivity (Wildman–Crippen MR) is 69.9 cm³/mol. The molecule has 2 N–H and O–H groups in total. The molecule has 5 heteroatoms. The Morgan fingerprint density at radius 1 is 1.00 bits per heavy atom. The summed E-state index contributed by atoms with van der Waals surface area (Å²) in [4.78, 5) is 11.8. The molecule has 0 aliphatic heterocycles. The lowest BCUT2D eigenvalue weighted by molar-refractivity contribution is 0.0950. The number of carbonyl (C=O) groups excluding carboxylic acids is 1. The maximum Gasteiger partial charge on any atom is 0.251 e. The number of rotatable bonds is 4. The third-order valence-electron chi connectivity index (χ3n) is 2.78. The summed E-state index contributed by atoms with van der Waals surface area (Å²) in [5.41, 5.74) is 1.54. The minimum atomic E-state index is -0.789. The molecule has 0 saturated heterocycles. The van der Waals surface area contributed by atoms with Gasteiger partial charge in [0.2, 0.25) is 0 Å². The molecule has 0 atom stereocenters. The van der Waals surface area contributed by atoms with E-state index in [2.05, 4.69) is 5.32 Å². The van der Waals surface area contributed by atoms with E-state index < -0.39 is 17.5 Å². The van der Waals surface area contributed by atoms with Crippen molar-refractivity contribution in [2.45, 2.75) is 13.2 Å². The lowest BCUT2D eigenvalue weighted by Gasteiger charge is -2.06. The lowest BCUT2D eigenvalue weighted by atomic mass is 10.1. The summed E-state index contributed by atoms with van der Waals surface area (Å²) in [5.74, 6) is -2.13. The second-order valence-electron chi connectivity index (χ2n) is 4.32. The number of amides is 1. The van der Waals surface area contributed by atoms with E-state index >= 15 is 0 Å². The Balaban J connectivity index is 2.00. The van der Waals surface area contributed by atoms with Crippen LogP contribution < -0.4 is 5.32 Å². The van der Waals surface area contributed by atoms with E-state index in [-0.39, 0.29) is 18.7 Å². The number of aliphatic hydroxyl groups excluding tert-OH is 1. The number of halogens is 2. The number of benzene rings is 2. The number of hydrogen-bond donors (Lipinski definition) is 2. The monoisotopic (exact) mass is 277 g/mol. The van der Waals surface area contributed by atoms with E-state index in [1.807, 2.05) is 0 Å². The predicted octanol–water partition coefficient (Wildman–Crippen LogP) is 2.39. The number of nitrogens with one attached hydrogen (secondary N) is 1. The van der Waals surface area contributed by atoms with Gasteiger partial charge < -0.3 is 10.4 Å². The zero-order chi connectivity index (χ0) is 14.5. The van der Waals surface area contributed by atoms with E-state index in [0.29, 0.717) is 6.07 Å². The van der Waals surface area contributed by atoms with Crippen molar-refractivity contribution in [2.24, 2.45) is 0 Å². The Hall–Kier alpha value is -2.27. The molecule has 0 saturated carbocycles. The highest BCUT2D eigenvalue weighted by atomic mass is 19.1. The normalized spacial score (nSPS) is 10.3. The van der Waals surface area contributed by atoms with Crippen LogP contribution in [0.25, 0.3) is 0 Å². The van der Waals surface area contributed by atoms with Crippen molar-refractivity contribution < 1.29 is 18.7 Å². The summed E-state index contributed by atoms with van der Waals surface area (Å²) in [6.07, 6.45) is 0. The SMILES string of the molecule is O=C(NCc1ccc(CO)cc1)c1cc(F)cc(F)c1. The largest absolute Gasteiger partial charge is 0.392 e. The average Bonchev–Trinajstić information content (AvgIpc) is 2.44. The van der Waals surface area contributed by atoms with E-state index in [0.717, 1.165) is 23.3 Å². The minimum absolute atomic E-state index is 0.0464. The van der Waals surface area contributed by atoms with Crippen LogP contribution in [0.2, 0.25) is 0 Å². The van der Waals surface area contributed by atoms with Gasteiger partial charge in [0.25, 0.3) is 5.91 Å². The van der Waals surface area contributed by atoms with Crippen LogP contribution in [0.5, 0.6) is 0 Å². The van der Waals surface area contributed by atoms with E-state index in [4.69, 9.17) is 5.11 Å². The smallest absolute Gasteiger partial charge is 0.251 e. The van der Waals surface area contributed by atoms with Gasteiger partial charge in [-0.2, -0.15) is 0 Å². The van der Waals surface area contributed by atoms with Gasteiger partial charge in [0, 0.05) is 18.2 Å². The van der Waals surface area contributed by atoms with Crippen molar-refractivity contribution >= 4 is 5.91 Å². The van der Waals surface area contributed by atoms with Gasteiger partial charge in [-0.1, -0.05) is 24.3 Å². The molecule has 20 heavy (non-hydrogen) atoms. The van der Waals surface area contributed by atoms with Crippen molar-refractivity contribution in [1.82, 2.24) is 5.32 Å².